The van der Waals surface area contributed by atoms with Gasteiger partial charge < -0.3 is 14.2 Å². The Morgan fingerprint density at radius 1 is 1.31 bits per heavy atom. The Kier molecular flexibility index (Phi) is 4.71. The van der Waals surface area contributed by atoms with Crippen LogP contribution in [0.2, 0.25) is 0 Å². The van der Waals surface area contributed by atoms with Crippen molar-refractivity contribution in [2.45, 2.75) is 25.6 Å². The first-order chi connectivity index (χ1) is 7.67. The number of hydrogen-bond donors (Lipinski definition) is 0. The molecule has 0 aliphatic heterocycles. The Morgan fingerprint density at radius 2 is 2.00 bits per heavy atom. The van der Waals surface area contributed by atoms with Gasteiger partial charge in [0.15, 0.2) is 5.78 Å². The quantitative estimate of drug-likeness (QED) is 0.712. The molecule has 2 atom stereocenters. The number of allylic oxidation sites excluding steroid dienone is 2. The van der Waals surface area contributed by atoms with Gasteiger partial charge >= 0.3 is 0 Å². The van der Waals surface area contributed by atoms with Gasteiger partial charge in [-0.1, -0.05) is 6.92 Å². The summed E-state index contributed by atoms with van der Waals surface area (Å²) >= 11 is 0. The van der Waals surface area contributed by atoms with Crippen LogP contribution < -0.4 is 0 Å². The normalized spacial score (nSPS) is 24.8. The molecule has 4 nitrogen and oxygen atoms in total. The second kappa shape index (κ2) is 5.82. The van der Waals surface area contributed by atoms with Crippen LogP contribution in [0.3, 0.4) is 0 Å². The van der Waals surface area contributed by atoms with Crippen molar-refractivity contribution in [1.82, 2.24) is 0 Å². The largest absolute Gasteiger partial charge is 0.498 e. The van der Waals surface area contributed by atoms with Crippen LogP contribution in [0, 0.1) is 0 Å². The van der Waals surface area contributed by atoms with Gasteiger partial charge in [0.2, 0.25) is 0 Å². The van der Waals surface area contributed by atoms with Gasteiger partial charge in [-0.3, -0.25) is 4.79 Å². The summed E-state index contributed by atoms with van der Waals surface area (Å²) in [5.41, 5.74) is 0.625. The van der Waals surface area contributed by atoms with Crippen LogP contribution in [-0.4, -0.2) is 39.3 Å². The molecule has 0 aromatic rings. The first kappa shape index (κ1) is 12.9. The van der Waals surface area contributed by atoms with Gasteiger partial charge in [0, 0.05) is 26.2 Å². The van der Waals surface area contributed by atoms with Crippen LogP contribution in [0.15, 0.2) is 23.5 Å². The molecule has 0 aromatic heterocycles. The summed E-state index contributed by atoms with van der Waals surface area (Å²) < 4.78 is 15.8. The zero-order chi connectivity index (χ0) is 12.1. The minimum atomic E-state index is -0.289. The lowest BCUT2D eigenvalue weighted by Gasteiger charge is -2.27. The van der Waals surface area contributed by atoms with Crippen molar-refractivity contribution in [2.24, 2.45) is 0 Å². The van der Waals surface area contributed by atoms with Gasteiger partial charge in [-0.05, 0) is 12.2 Å². The molecule has 16 heavy (non-hydrogen) atoms. The number of rotatable bonds is 5. The third kappa shape index (κ3) is 2.51. The molecule has 0 spiro atoms. The Bertz CT molecular complexity index is 317. The van der Waals surface area contributed by atoms with E-state index >= 15 is 0 Å². The molecule has 1 aliphatic carbocycles. The topological polar surface area (TPSA) is 44.8 Å². The maximum Gasteiger partial charge on any atom is 0.162 e. The van der Waals surface area contributed by atoms with Gasteiger partial charge in [-0.2, -0.15) is 0 Å². The maximum absolute atomic E-state index is 11.6. The summed E-state index contributed by atoms with van der Waals surface area (Å²) in [7, 11) is 4.73. The molecule has 90 valence electrons. The van der Waals surface area contributed by atoms with E-state index in [1.807, 2.05) is 6.92 Å². The number of ether oxygens (including phenoxy) is 3. The maximum atomic E-state index is 11.6. The van der Waals surface area contributed by atoms with E-state index < -0.39 is 0 Å². The van der Waals surface area contributed by atoms with Crippen LogP contribution >= 0.6 is 0 Å². The highest BCUT2D eigenvalue weighted by Gasteiger charge is 2.29. The second-order valence-corrected chi connectivity index (χ2v) is 3.51. The number of methoxy groups -OCH3 is 3. The van der Waals surface area contributed by atoms with E-state index in [0.717, 1.165) is 0 Å². The average Bonchev–Trinajstić information content (AvgIpc) is 2.35. The third-order valence-corrected chi connectivity index (χ3v) is 2.63. The van der Waals surface area contributed by atoms with Gasteiger partial charge in [-0.25, -0.2) is 0 Å². The van der Waals surface area contributed by atoms with E-state index in [1.165, 1.54) is 0 Å². The van der Waals surface area contributed by atoms with Crippen LogP contribution in [0.25, 0.3) is 0 Å². The fourth-order valence-corrected chi connectivity index (χ4v) is 1.70. The van der Waals surface area contributed by atoms with E-state index in [0.29, 0.717) is 17.8 Å². The molecule has 1 aliphatic rings. The standard InChI is InChI=1S/C12H18O4/c1-5-9(13)8-6-10(14-2)12(16-4)11(7-8)15-3/h6-7,10,12H,5H2,1-4H3. The Morgan fingerprint density at radius 3 is 2.44 bits per heavy atom. The lowest BCUT2D eigenvalue weighted by molar-refractivity contribution is -0.115. The Labute approximate surface area is 95.9 Å². The highest BCUT2D eigenvalue weighted by Crippen LogP contribution is 2.24. The molecule has 0 fully saturated rings. The van der Waals surface area contributed by atoms with E-state index in [2.05, 4.69) is 0 Å². The molecule has 4 heteroatoms. The Balaban J connectivity index is 3.01. The van der Waals surface area contributed by atoms with Crippen LogP contribution in [0.1, 0.15) is 13.3 Å². The summed E-state index contributed by atoms with van der Waals surface area (Å²) in [4.78, 5) is 11.6. The highest BCUT2D eigenvalue weighted by atomic mass is 16.6. The molecule has 0 saturated carbocycles. The number of carbonyl (C=O) groups is 1. The molecular formula is C12H18O4. The minimum absolute atomic E-state index is 0.0751. The van der Waals surface area contributed by atoms with Gasteiger partial charge in [0.25, 0.3) is 0 Å². The monoisotopic (exact) mass is 226 g/mol. The molecule has 0 bridgehead atoms. The number of ketones is 1. The smallest absolute Gasteiger partial charge is 0.162 e. The van der Waals surface area contributed by atoms with Crippen molar-refractivity contribution in [2.75, 3.05) is 21.3 Å². The summed E-state index contributed by atoms with van der Waals surface area (Å²) in [6.07, 6.45) is 3.39. The van der Waals surface area contributed by atoms with Crippen LogP contribution in [-0.2, 0) is 19.0 Å². The van der Waals surface area contributed by atoms with Crippen LogP contribution in [0.5, 0.6) is 0 Å². The van der Waals surface area contributed by atoms with Crippen molar-refractivity contribution in [1.29, 1.82) is 0 Å². The van der Waals surface area contributed by atoms with E-state index in [9.17, 15) is 4.79 Å². The number of Topliss-reactive ketones (excluding diaryl/α,β-unsaturated/α-hetero) is 1. The SMILES string of the molecule is CCC(=O)C1=CC(OC)C(OC)C(OC)=C1. The van der Waals surface area contributed by atoms with Crippen LogP contribution in [0.4, 0.5) is 0 Å². The van der Waals surface area contributed by atoms with Crippen molar-refractivity contribution < 1.29 is 19.0 Å². The van der Waals surface area contributed by atoms with E-state index in [1.54, 1.807) is 33.5 Å². The van der Waals surface area contributed by atoms with E-state index in [-0.39, 0.29) is 18.0 Å². The average molecular weight is 226 g/mol. The predicted octanol–water partition coefficient (Wildman–Crippen LogP) is 1.47. The second-order valence-electron chi connectivity index (χ2n) is 3.51. The summed E-state index contributed by atoms with van der Waals surface area (Å²) in [5, 5.41) is 0. The molecule has 0 heterocycles. The predicted molar refractivity (Wildman–Crippen MR) is 60.1 cm³/mol. The van der Waals surface area contributed by atoms with Gasteiger partial charge in [-0.15, -0.1) is 0 Å². The third-order valence-electron chi connectivity index (χ3n) is 2.63. The lowest BCUT2D eigenvalue weighted by atomic mass is 9.96. The summed E-state index contributed by atoms with van der Waals surface area (Å²) in [6, 6.07) is 0. The molecule has 0 amide bonds. The fourth-order valence-electron chi connectivity index (χ4n) is 1.70. The van der Waals surface area contributed by atoms with Gasteiger partial charge in [0.05, 0.1) is 7.11 Å². The van der Waals surface area contributed by atoms with E-state index in [4.69, 9.17) is 14.2 Å². The summed E-state index contributed by atoms with van der Waals surface area (Å²) in [5.74, 6) is 0.694. The molecule has 0 aromatic carbocycles. The summed E-state index contributed by atoms with van der Waals surface area (Å²) in [6.45, 7) is 1.83. The lowest BCUT2D eigenvalue weighted by Crippen LogP contribution is -2.34. The van der Waals surface area contributed by atoms with Crippen molar-refractivity contribution in [3.8, 4) is 0 Å². The molecular weight excluding hydrogens is 208 g/mol. The number of carbonyl (C=O) groups excluding carboxylic acids is 1. The molecule has 0 N–H and O–H groups in total. The Hall–Kier alpha value is -1.13. The van der Waals surface area contributed by atoms with Crippen molar-refractivity contribution in [3.05, 3.63) is 23.5 Å². The first-order valence-electron chi connectivity index (χ1n) is 5.24. The molecule has 0 radical (unpaired) electrons. The zero-order valence-electron chi connectivity index (χ0n) is 10.1. The first-order valence-corrected chi connectivity index (χ1v) is 5.24. The minimum Gasteiger partial charge on any atom is -0.498 e. The van der Waals surface area contributed by atoms with Crippen molar-refractivity contribution in [3.63, 3.8) is 0 Å². The molecule has 1 rings (SSSR count). The number of hydrogen-bond acceptors (Lipinski definition) is 4. The highest BCUT2D eigenvalue weighted by molar-refractivity contribution is 5.98. The van der Waals surface area contributed by atoms with Crippen molar-refractivity contribution >= 4 is 5.78 Å². The fraction of sp³-hybridized carbons (Fsp3) is 0.583. The van der Waals surface area contributed by atoms with Gasteiger partial charge in [0.1, 0.15) is 18.0 Å². The zero-order valence-corrected chi connectivity index (χ0v) is 10.1. The molecule has 0 saturated heterocycles. The molecule has 2 unspecified atom stereocenters.